The highest BCUT2D eigenvalue weighted by atomic mass is 35.5. The highest BCUT2D eigenvalue weighted by Crippen LogP contribution is 2.21. The minimum atomic E-state index is -0.513. The first kappa shape index (κ1) is 22.1. The predicted octanol–water partition coefficient (Wildman–Crippen LogP) is 3.43. The van der Waals surface area contributed by atoms with Crippen LogP contribution in [0.5, 0.6) is 0 Å². The van der Waals surface area contributed by atoms with E-state index in [1.807, 2.05) is 4.90 Å². The van der Waals surface area contributed by atoms with Gasteiger partial charge in [-0.2, -0.15) is 5.10 Å². The van der Waals surface area contributed by atoms with Gasteiger partial charge in [-0.05, 0) is 31.2 Å². The van der Waals surface area contributed by atoms with Crippen molar-refractivity contribution in [3.05, 3.63) is 92.4 Å². The third-order valence-electron chi connectivity index (χ3n) is 5.49. The van der Waals surface area contributed by atoms with E-state index in [2.05, 4.69) is 5.10 Å². The fourth-order valence-corrected chi connectivity index (χ4v) is 3.95. The fraction of sp³-hybridized carbons (Fsp3) is 0.261. The van der Waals surface area contributed by atoms with Gasteiger partial charge in [-0.1, -0.05) is 29.8 Å². The van der Waals surface area contributed by atoms with E-state index < -0.39 is 17.2 Å². The maximum absolute atomic E-state index is 14.2. The van der Waals surface area contributed by atoms with Crippen LogP contribution in [-0.2, 0) is 6.54 Å². The van der Waals surface area contributed by atoms with Gasteiger partial charge >= 0.3 is 0 Å². The number of halogens is 3. The van der Waals surface area contributed by atoms with Crippen molar-refractivity contribution in [2.45, 2.75) is 13.5 Å². The van der Waals surface area contributed by atoms with Gasteiger partial charge in [0, 0.05) is 55.1 Å². The molecule has 166 valence electrons. The van der Waals surface area contributed by atoms with Crippen molar-refractivity contribution >= 4 is 17.5 Å². The van der Waals surface area contributed by atoms with Crippen LogP contribution < -0.4 is 5.43 Å². The molecule has 0 unspecified atom stereocenters. The maximum atomic E-state index is 14.2. The Morgan fingerprint density at radius 3 is 2.41 bits per heavy atom. The van der Waals surface area contributed by atoms with Crippen molar-refractivity contribution in [1.29, 1.82) is 0 Å². The van der Waals surface area contributed by atoms with E-state index in [4.69, 9.17) is 11.6 Å². The summed E-state index contributed by atoms with van der Waals surface area (Å²) in [5, 5.41) is 4.54. The number of benzene rings is 2. The Balaban J connectivity index is 1.51. The molecule has 1 aromatic heterocycles. The number of aryl methyl sites for hydroxylation is 1. The highest BCUT2D eigenvalue weighted by Gasteiger charge is 2.26. The van der Waals surface area contributed by atoms with Gasteiger partial charge in [0.25, 0.3) is 5.91 Å². The summed E-state index contributed by atoms with van der Waals surface area (Å²) in [5.41, 5.74) is 0.223. The molecule has 6 nitrogen and oxygen atoms in total. The van der Waals surface area contributed by atoms with E-state index in [0.29, 0.717) is 49.0 Å². The second-order valence-corrected chi connectivity index (χ2v) is 8.04. The lowest BCUT2D eigenvalue weighted by Crippen LogP contribution is -2.49. The van der Waals surface area contributed by atoms with Crippen molar-refractivity contribution in [3.8, 4) is 5.69 Å². The van der Waals surface area contributed by atoms with Gasteiger partial charge in [-0.15, -0.1) is 0 Å². The Morgan fingerprint density at radius 1 is 1.03 bits per heavy atom. The van der Waals surface area contributed by atoms with Crippen LogP contribution in [0.1, 0.15) is 21.7 Å². The van der Waals surface area contributed by atoms with Crippen molar-refractivity contribution in [2.75, 3.05) is 26.2 Å². The van der Waals surface area contributed by atoms with E-state index >= 15 is 0 Å². The molecule has 4 rings (SSSR count). The number of rotatable bonds is 4. The Morgan fingerprint density at radius 2 is 1.72 bits per heavy atom. The Hall–Kier alpha value is -3.10. The number of carbonyl (C=O) groups excluding carboxylic acids is 1. The number of hydrogen-bond acceptors (Lipinski definition) is 4. The molecule has 32 heavy (non-hydrogen) atoms. The topological polar surface area (TPSA) is 58.4 Å². The monoisotopic (exact) mass is 458 g/mol. The summed E-state index contributed by atoms with van der Waals surface area (Å²) in [6.07, 6.45) is 0. The largest absolute Gasteiger partial charge is 0.335 e. The number of carbonyl (C=O) groups is 1. The van der Waals surface area contributed by atoms with E-state index in [1.165, 1.54) is 33.8 Å². The third-order valence-corrected chi connectivity index (χ3v) is 5.85. The van der Waals surface area contributed by atoms with Gasteiger partial charge < -0.3 is 4.90 Å². The summed E-state index contributed by atoms with van der Waals surface area (Å²) in [4.78, 5) is 29.0. The summed E-state index contributed by atoms with van der Waals surface area (Å²) < 4.78 is 29.6. The van der Waals surface area contributed by atoms with Crippen LogP contribution in [-0.4, -0.2) is 51.7 Å². The molecule has 1 aliphatic heterocycles. The van der Waals surface area contributed by atoms with Gasteiger partial charge in [-0.3, -0.25) is 14.5 Å². The van der Waals surface area contributed by atoms with Gasteiger partial charge in [0.2, 0.25) is 5.43 Å². The van der Waals surface area contributed by atoms with Crippen molar-refractivity contribution in [1.82, 2.24) is 19.6 Å². The summed E-state index contributed by atoms with van der Waals surface area (Å²) in [6, 6.07) is 11.9. The SMILES string of the molecule is Cc1cc(=O)c(C(=O)N2CCN(Cc3c(F)cccc3Cl)CC2)nn1-c1ccccc1F. The molecule has 3 aromatic rings. The molecule has 0 aliphatic carbocycles. The quantitative estimate of drug-likeness (QED) is 0.601. The van der Waals surface area contributed by atoms with Crippen LogP contribution in [0.15, 0.2) is 53.3 Å². The molecule has 1 aliphatic rings. The van der Waals surface area contributed by atoms with Gasteiger partial charge in [0.05, 0.1) is 0 Å². The summed E-state index contributed by atoms with van der Waals surface area (Å²) >= 11 is 6.11. The van der Waals surface area contributed by atoms with E-state index in [0.717, 1.165) is 0 Å². The number of nitrogens with zero attached hydrogens (tertiary/aromatic N) is 4. The van der Waals surface area contributed by atoms with Crippen LogP contribution >= 0.6 is 11.6 Å². The summed E-state index contributed by atoms with van der Waals surface area (Å²) in [7, 11) is 0. The zero-order valence-electron chi connectivity index (χ0n) is 17.4. The average Bonchev–Trinajstić information content (AvgIpc) is 2.77. The Bertz CT molecular complexity index is 1200. The first-order valence-corrected chi connectivity index (χ1v) is 10.5. The number of amides is 1. The lowest BCUT2D eigenvalue weighted by Gasteiger charge is -2.34. The van der Waals surface area contributed by atoms with Gasteiger partial charge in [0.1, 0.15) is 17.3 Å². The molecule has 2 aromatic carbocycles. The fourth-order valence-electron chi connectivity index (χ4n) is 3.73. The molecule has 1 saturated heterocycles. The molecule has 0 saturated carbocycles. The molecule has 0 atom stereocenters. The zero-order chi connectivity index (χ0) is 22.8. The molecule has 0 bridgehead atoms. The predicted molar refractivity (Wildman–Crippen MR) is 117 cm³/mol. The van der Waals surface area contributed by atoms with Gasteiger partial charge in [0.15, 0.2) is 5.69 Å². The van der Waals surface area contributed by atoms with Crippen LogP contribution in [0.25, 0.3) is 5.69 Å². The minimum Gasteiger partial charge on any atom is -0.335 e. The lowest BCUT2D eigenvalue weighted by molar-refractivity contribution is 0.0618. The average molecular weight is 459 g/mol. The van der Waals surface area contributed by atoms with E-state index in [-0.39, 0.29) is 17.2 Å². The maximum Gasteiger partial charge on any atom is 0.278 e. The number of para-hydroxylation sites is 1. The molecule has 0 spiro atoms. The van der Waals surface area contributed by atoms with E-state index in [1.54, 1.807) is 31.2 Å². The molecule has 9 heteroatoms. The number of aromatic nitrogens is 2. The molecule has 2 heterocycles. The number of piperazine rings is 1. The second kappa shape index (κ2) is 9.18. The first-order valence-electron chi connectivity index (χ1n) is 10.2. The van der Waals surface area contributed by atoms with E-state index in [9.17, 15) is 18.4 Å². The lowest BCUT2D eigenvalue weighted by atomic mass is 10.1. The molecule has 0 N–H and O–H groups in total. The number of hydrogen-bond donors (Lipinski definition) is 0. The smallest absolute Gasteiger partial charge is 0.278 e. The second-order valence-electron chi connectivity index (χ2n) is 7.63. The van der Waals surface area contributed by atoms with Crippen molar-refractivity contribution < 1.29 is 13.6 Å². The van der Waals surface area contributed by atoms with Crippen LogP contribution in [0.3, 0.4) is 0 Å². The van der Waals surface area contributed by atoms with Crippen LogP contribution in [0, 0.1) is 18.6 Å². The minimum absolute atomic E-state index is 0.158. The molecule has 1 amide bonds. The zero-order valence-corrected chi connectivity index (χ0v) is 18.1. The Kier molecular flexibility index (Phi) is 6.34. The molecule has 1 fully saturated rings. The molecular weight excluding hydrogens is 438 g/mol. The summed E-state index contributed by atoms with van der Waals surface area (Å²) in [5.74, 6) is -1.39. The third kappa shape index (κ3) is 4.42. The Labute approximate surface area is 188 Å². The highest BCUT2D eigenvalue weighted by molar-refractivity contribution is 6.31. The molecule has 0 radical (unpaired) electrons. The normalized spacial score (nSPS) is 14.6. The van der Waals surface area contributed by atoms with Crippen LogP contribution in [0.2, 0.25) is 5.02 Å². The van der Waals surface area contributed by atoms with Crippen LogP contribution in [0.4, 0.5) is 8.78 Å². The van der Waals surface area contributed by atoms with Gasteiger partial charge in [-0.25, -0.2) is 13.5 Å². The first-order chi connectivity index (χ1) is 15.3. The van der Waals surface area contributed by atoms with Crippen molar-refractivity contribution in [3.63, 3.8) is 0 Å². The summed E-state index contributed by atoms with van der Waals surface area (Å²) in [6.45, 7) is 3.63. The standard InChI is InChI=1S/C23H21ClF2N4O2/c1-15-13-21(31)22(27-30(15)20-8-3-2-6-19(20)26)23(32)29-11-9-28(10-12-29)14-16-17(24)5-4-7-18(16)25/h2-8,13H,9-12,14H2,1H3. The molecular formula is C23H21ClF2N4O2. The van der Waals surface area contributed by atoms with Crippen molar-refractivity contribution in [2.24, 2.45) is 0 Å².